The van der Waals surface area contributed by atoms with Crippen LogP contribution in [0, 0.1) is 5.92 Å². The largest absolute Gasteiger partial charge is 0.481 e. The van der Waals surface area contributed by atoms with E-state index in [0.29, 0.717) is 21.8 Å². The van der Waals surface area contributed by atoms with Gasteiger partial charge in [-0.1, -0.05) is 60.7 Å². The van der Waals surface area contributed by atoms with Gasteiger partial charge in [-0.3, -0.25) is 28.6 Å². The molecule has 0 bridgehead atoms. The van der Waals surface area contributed by atoms with Crippen molar-refractivity contribution in [2.45, 2.75) is 50.0 Å². The van der Waals surface area contributed by atoms with Crippen molar-refractivity contribution < 1.29 is 24.6 Å². The average molecular weight is 618 g/mol. The Hall–Kier alpha value is -2.87. The number of carbonyl (C=O) groups is 3. The molecule has 9 nitrogen and oxygen atoms in total. The summed E-state index contributed by atoms with van der Waals surface area (Å²) in [4.78, 5) is 54.3. The maximum absolute atomic E-state index is 13.7. The second-order valence-corrected chi connectivity index (χ2v) is 13.4. The molecular weight excluding hydrogens is 591 g/mol. The number of hydrogen-bond donors (Lipinski definition) is 2. The Bertz CT molecular complexity index is 1620. The number of carboxylic acids is 2. The van der Waals surface area contributed by atoms with Gasteiger partial charge >= 0.3 is 11.9 Å². The van der Waals surface area contributed by atoms with Crippen molar-refractivity contribution in [1.29, 1.82) is 0 Å². The molecule has 3 aliphatic rings. The first-order valence-electron chi connectivity index (χ1n) is 12.8. The first kappa shape index (κ1) is 28.7. The molecule has 2 aromatic rings. The van der Waals surface area contributed by atoms with E-state index in [-0.39, 0.29) is 27.8 Å². The van der Waals surface area contributed by atoms with E-state index in [0.717, 1.165) is 74.5 Å². The molecule has 2 N–H and O–H groups in total. The maximum Gasteiger partial charge on any atom is 0.323 e. The van der Waals surface area contributed by atoms with E-state index in [1.807, 2.05) is 30.3 Å². The Kier molecular flexibility index (Phi) is 8.55. The summed E-state index contributed by atoms with van der Waals surface area (Å²) in [6.45, 7) is -0.0509. The van der Waals surface area contributed by atoms with Crippen molar-refractivity contribution in [2.75, 3.05) is 18.5 Å². The number of carbonyl (C=O) groups excluding carboxylic acids is 1. The summed E-state index contributed by atoms with van der Waals surface area (Å²) in [6.07, 6.45) is 6.44. The van der Waals surface area contributed by atoms with E-state index in [4.69, 9.17) is 12.2 Å². The summed E-state index contributed by atoms with van der Waals surface area (Å²) in [5, 5.41) is 19.8. The summed E-state index contributed by atoms with van der Waals surface area (Å²) in [5.41, 5.74) is 1.54. The standard InChI is InChI=1S/C27H27N3O6S4/c1-28-24(36)22(40-27(28)37)26-30(14-21(33)34)23(35)19(39-26)13-16(15-7-2-3-8-15)25-29(12-6-11-20(31)32)17-9-4-5-10-18(17)38-25/h4-5,9-10,13,15H,2-3,6-8,11-12,14H2,1H3,(H,31,32)(H,33,34)/b19-13+,25-16+,26-22-. The molecule has 40 heavy (non-hydrogen) atoms. The van der Waals surface area contributed by atoms with Crippen molar-refractivity contribution >= 4 is 85.9 Å². The quantitative estimate of drug-likeness (QED) is 0.427. The number of fused-ring (bicyclic) bond motifs is 1. The van der Waals surface area contributed by atoms with E-state index in [1.54, 1.807) is 18.8 Å². The highest BCUT2D eigenvalue weighted by Gasteiger charge is 2.33. The van der Waals surface area contributed by atoms with Crippen molar-refractivity contribution in [3.8, 4) is 0 Å². The van der Waals surface area contributed by atoms with Crippen LogP contribution < -0.4 is 19.7 Å². The van der Waals surface area contributed by atoms with Crippen LogP contribution in [0.1, 0.15) is 38.5 Å². The lowest BCUT2D eigenvalue weighted by Gasteiger charge is -2.24. The number of hydrogen-bond acceptors (Lipinski definition) is 9. The fourth-order valence-corrected chi connectivity index (χ4v) is 8.84. The third-order valence-electron chi connectivity index (χ3n) is 7.07. The summed E-state index contributed by atoms with van der Waals surface area (Å²) >= 11 is 9.06. The number of nitrogens with zero attached hydrogens (tertiary/aromatic N) is 3. The van der Waals surface area contributed by atoms with Crippen LogP contribution in [0.4, 0.5) is 5.69 Å². The lowest BCUT2D eigenvalue weighted by Crippen LogP contribution is -2.35. The Morgan fingerprint density at radius 2 is 1.82 bits per heavy atom. The molecular formula is C27H27N3O6S4. The number of thiazole rings is 1. The first-order chi connectivity index (χ1) is 19.2. The minimum absolute atomic E-state index is 0.0495. The lowest BCUT2D eigenvalue weighted by atomic mass is 9.97. The molecule has 13 heteroatoms. The monoisotopic (exact) mass is 617 g/mol. The second-order valence-electron chi connectivity index (χ2n) is 9.72. The Morgan fingerprint density at radius 1 is 1.10 bits per heavy atom. The highest BCUT2D eigenvalue weighted by molar-refractivity contribution is 8.30. The predicted octanol–water partition coefficient (Wildman–Crippen LogP) is 3.25. The minimum Gasteiger partial charge on any atom is -0.481 e. The normalized spacial score (nSPS) is 20.6. The van der Waals surface area contributed by atoms with Gasteiger partial charge in [-0.2, -0.15) is 0 Å². The van der Waals surface area contributed by atoms with Gasteiger partial charge in [0.2, 0.25) is 0 Å². The summed E-state index contributed by atoms with van der Waals surface area (Å²) < 4.78 is 2.14. The van der Waals surface area contributed by atoms with E-state index < -0.39 is 24.0 Å². The van der Waals surface area contributed by atoms with Gasteiger partial charge in [0, 0.05) is 24.9 Å². The number of aliphatic carboxylic acids is 2. The van der Waals surface area contributed by atoms with Gasteiger partial charge in [-0.05, 0) is 49.0 Å². The number of para-hydroxylation sites is 1. The number of rotatable bonds is 8. The van der Waals surface area contributed by atoms with Crippen LogP contribution in [0.25, 0.3) is 11.0 Å². The zero-order valence-electron chi connectivity index (χ0n) is 21.6. The van der Waals surface area contributed by atoms with Crippen LogP contribution in [-0.4, -0.2) is 55.4 Å². The predicted molar refractivity (Wildman–Crippen MR) is 162 cm³/mol. The van der Waals surface area contributed by atoms with E-state index in [2.05, 4.69) is 4.90 Å². The van der Waals surface area contributed by atoms with Gasteiger partial charge in [0.25, 0.3) is 11.5 Å². The molecule has 3 heterocycles. The van der Waals surface area contributed by atoms with E-state index in [9.17, 15) is 29.4 Å². The highest BCUT2D eigenvalue weighted by Crippen LogP contribution is 2.50. The molecule has 1 saturated carbocycles. The molecule has 2 fully saturated rings. The smallest absolute Gasteiger partial charge is 0.323 e. The Labute approximate surface area is 247 Å². The number of amides is 1. The molecule has 2 aliphatic heterocycles. The molecule has 5 rings (SSSR count). The lowest BCUT2D eigenvalue weighted by molar-refractivity contribution is -0.138. The summed E-state index contributed by atoms with van der Waals surface area (Å²) in [6, 6.07) is 7.97. The zero-order chi connectivity index (χ0) is 28.6. The second kappa shape index (κ2) is 11.9. The van der Waals surface area contributed by atoms with Crippen molar-refractivity contribution in [2.24, 2.45) is 5.92 Å². The fourth-order valence-electron chi connectivity index (χ4n) is 5.13. The maximum atomic E-state index is 13.7. The number of benzene rings is 1. The van der Waals surface area contributed by atoms with Crippen LogP contribution >= 0.6 is 47.1 Å². The van der Waals surface area contributed by atoms with Gasteiger partial charge in [0.05, 0.1) is 15.2 Å². The molecule has 0 unspecified atom stereocenters. The molecule has 1 saturated heterocycles. The van der Waals surface area contributed by atoms with Gasteiger partial charge in [-0.25, -0.2) is 0 Å². The molecule has 0 radical (unpaired) electrons. The highest BCUT2D eigenvalue weighted by atomic mass is 32.2. The molecule has 1 aliphatic carbocycles. The van der Waals surface area contributed by atoms with Gasteiger partial charge < -0.3 is 15.1 Å². The van der Waals surface area contributed by atoms with Crippen molar-refractivity contribution in [1.82, 2.24) is 9.47 Å². The van der Waals surface area contributed by atoms with Gasteiger partial charge in [0.1, 0.15) is 20.4 Å². The number of thiocarbonyl (C=S) groups is 1. The summed E-state index contributed by atoms with van der Waals surface area (Å²) in [5.74, 6) is -2.19. The number of carboxylic acid groups (broad SMARTS) is 2. The summed E-state index contributed by atoms with van der Waals surface area (Å²) in [7, 11) is 1.56. The zero-order valence-corrected chi connectivity index (χ0v) is 24.9. The minimum atomic E-state index is -1.18. The molecule has 1 amide bonds. The topological polar surface area (TPSA) is 120 Å². The van der Waals surface area contributed by atoms with Crippen LogP contribution in [0.2, 0.25) is 0 Å². The molecule has 1 aromatic carbocycles. The SMILES string of the molecule is CN1C(=O)/C(=c2/s/c(=C/C(=C3\Sc4ccccc4N3CCCC(=O)O)C3CCCC3)c(=O)n2CC(=O)O)SC1=S. The Balaban J connectivity index is 1.71. The van der Waals surface area contributed by atoms with Crippen LogP contribution in [0.3, 0.4) is 0 Å². The van der Waals surface area contributed by atoms with Crippen molar-refractivity contribution in [3.63, 3.8) is 0 Å². The third-order valence-corrected chi connectivity index (χ3v) is 11.1. The number of aromatic nitrogens is 1. The molecule has 0 spiro atoms. The van der Waals surface area contributed by atoms with Gasteiger partial charge in [0.15, 0.2) is 0 Å². The molecule has 0 atom stereocenters. The first-order valence-corrected chi connectivity index (χ1v) is 15.7. The van der Waals surface area contributed by atoms with E-state index >= 15 is 0 Å². The van der Waals surface area contributed by atoms with Crippen LogP contribution in [-0.2, 0) is 20.9 Å². The molecule has 1 aromatic heterocycles. The number of anilines is 1. The van der Waals surface area contributed by atoms with Crippen molar-refractivity contribution in [3.05, 3.63) is 54.4 Å². The fraction of sp³-hybridized carbons (Fsp3) is 0.370. The van der Waals surface area contributed by atoms with Crippen LogP contribution in [0.15, 0.2) is 44.6 Å². The van der Waals surface area contributed by atoms with Crippen LogP contribution in [0.5, 0.6) is 0 Å². The van der Waals surface area contributed by atoms with E-state index in [1.165, 1.54) is 4.90 Å². The van der Waals surface area contributed by atoms with Gasteiger partial charge in [-0.15, -0.1) is 11.3 Å². The Morgan fingerprint density at radius 3 is 2.48 bits per heavy atom. The number of allylic oxidation sites excluding steroid dienone is 1. The number of thioether (sulfide) groups is 2. The average Bonchev–Trinajstić information content (AvgIpc) is 3.68. The third kappa shape index (κ3) is 5.65. The molecule has 210 valence electrons.